The van der Waals surface area contributed by atoms with Crippen LogP contribution in [0.4, 0.5) is 5.82 Å². The van der Waals surface area contributed by atoms with E-state index in [1.807, 2.05) is 0 Å². The molecule has 13 heteroatoms. The Balaban J connectivity index is 1.42. The number of fused-ring (bicyclic) bond motifs is 2. The highest BCUT2D eigenvalue weighted by atomic mass is 32.2. The molecule has 0 spiro atoms. The third-order valence-corrected chi connectivity index (χ3v) is 10.1. The summed E-state index contributed by atoms with van der Waals surface area (Å²) in [6.07, 6.45) is 6.61. The molecule has 37 heavy (non-hydrogen) atoms. The summed E-state index contributed by atoms with van der Waals surface area (Å²) in [5.41, 5.74) is 2.29. The van der Waals surface area contributed by atoms with E-state index < -0.39 is 10.0 Å². The number of pyridine rings is 1. The summed E-state index contributed by atoms with van der Waals surface area (Å²) in [5, 5.41) is 8.09. The molecule has 11 nitrogen and oxygen atoms in total. The van der Waals surface area contributed by atoms with Gasteiger partial charge in [0.2, 0.25) is 10.0 Å². The first kappa shape index (κ1) is 24.6. The van der Waals surface area contributed by atoms with Crippen molar-refractivity contribution < 1.29 is 13.2 Å². The topological polar surface area (TPSA) is 120 Å². The van der Waals surface area contributed by atoms with Crippen molar-refractivity contribution >= 4 is 48.3 Å². The molecule has 2 fully saturated rings. The number of hydrogen-bond donors (Lipinski definition) is 1. The van der Waals surface area contributed by atoms with Gasteiger partial charge < -0.3 is 9.64 Å². The van der Waals surface area contributed by atoms with Crippen LogP contribution >= 0.6 is 11.3 Å². The van der Waals surface area contributed by atoms with Crippen LogP contribution in [0.15, 0.2) is 24.7 Å². The maximum absolute atomic E-state index is 12.0. The minimum atomic E-state index is -3.18. The van der Waals surface area contributed by atoms with Crippen molar-refractivity contribution in [2.24, 2.45) is 0 Å². The molecular formula is C24H30N8O3S2. The van der Waals surface area contributed by atoms with Gasteiger partial charge >= 0.3 is 0 Å². The number of morpholine rings is 1. The van der Waals surface area contributed by atoms with E-state index >= 15 is 0 Å². The number of anilines is 1. The third kappa shape index (κ3) is 4.48. The van der Waals surface area contributed by atoms with Gasteiger partial charge in [-0.3, -0.25) is 15.0 Å². The average molecular weight is 543 g/mol. The molecule has 2 aliphatic heterocycles. The smallest absolute Gasteiger partial charge is 0.211 e. The molecule has 0 aromatic carbocycles. The van der Waals surface area contributed by atoms with Gasteiger partial charge in [0, 0.05) is 66.8 Å². The lowest BCUT2D eigenvalue weighted by atomic mass is 9.99. The Morgan fingerprint density at radius 1 is 1.03 bits per heavy atom. The normalized spacial score (nSPS) is 18.7. The first-order chi connectivity index (χ1) is 17.7. The molecular weight excluding hydrogens is 512 g/mol. The molecule has 4 aromatic heterocycles. The van der Waals surface area contributed by atoms with Crippen molar-refractivity contribution in [1.82, 2.24) is 34.4 Å². The summed E-state index contributed by atoms with van der Waals surface area (Å²) in [6.45, 7) is 9.61. The van der Waals surface area contributed by atoms with Gasteiger partial charge in [-0.25, -0.2) is 18.4 Å². The Morgan fingerprint density at radius 3 is 2.51 bits per heavy atom. The number of H-pyrrole nitrogens is 1. The highest BCUT2D eigenvalue weighted by Crippen LogP contribution is 2.41. The number of thiophene rings is 1. The number of nitrogens with zero attached hydrogens (tertiary/aromatic N) is 7. The molecule has 1 N–H and O–H groups in total. The Kier molecular flexibility index (Phi) is 6.15. The van der Waals surface area contributed by atoms with Gasteiger partial charge in [0.05, 0.1) is 47.6 Å². The molecule has 6 heterocycles. The van der Waals surface area contributed by atoms with Crippen molar-refractivity contribution in [3.05, 3.63) is 29.5 Å². The minimum absolute atomic E-state index is 0.288. The Labute approximate surface area is 219 Å². The van der Waals surface area contributed by atoms with Crippen molar-refractivity contribution in [3.63, 3.8) is 0 Å². The zero-order valence-electron chi connectivity index (χ0n) is 21.1. The highest BCUT2D eigenvalue weighted by molar-refractivity contribution is 7.88. The van der Waals surface area contributed by atoms with E-state index in [0.717, 1.165) is 45.6 Å². The second-order valence-corrected chi connectivity index (χ2v) is 13.1. The number of nitrogens with one attached hydrogen (secondary N) is 1. The van der Waals surface area contributed by atoms with Crippen LogP contribution < -0.4 is 4.90 Å². The zero-order valence-corrected chi connectivity index (χ0v) is 22.8. The van der Waals surface area contributed by atoms with Gasteiger partial charge in [-0.1, -0.05) is 0 Å². The van der Waals surface area contributed by atoms with Gasteiger partial charge in [0.1, 0.15) is 0 Å². The molecule has 0 aliphatic carbocycles. The fraction of sp³-hybridized carbons (Fsp3) is 0.500. The van der Waals surface area contributed by atoms with Crippen LogP contribution in [-0.2, 0) is 20.3 Å². The second-order valence-electron chi connectivity index (χ2n) is 10.0. The molecule has 6 rings (SSSR count). The van der Waals surface area contributed by atoms with E-state index in [-0.39, 0.29) is 5.54 Å². The zero-order chi connectivity index (χ0) is 25.8. The first-order valence-electron chi connectivity index (χ1n) is 12.3. The van der Waals surface area contributed by atoms with Gasteiger partial charge in [-0.05, 0) is 19.9 Å². The number of sulfonamides is 1. The fourth-order valence-electron chi connectivity index (χ4n) is 5.10. The number of piperazine rings is 1. The predicted molar refractivity (Wildman–Crippen MR) is 144 cm³/mol. The van der Waals surface area contributed by atoms with Crippen LogP contribution in [-0.4, -0.2) is 102 Å². The minimum Gasteiger partial charge on any atom is -0.378 e. The number of hydrogen-bond acceptors (Lipinski definition) is 10. The van der Waals surface area contributed by atoms with Gasteiger partial charge in [-0.15, -0.1) is 11.3 Å². The Hall–Kier alpha value is -2.71. The molecule has 0 unspecified atom stereocenters. The van der Waals surface area contributed by atoms with E-state index in [0.29, 0.717) is 45.2 Å². The summed E-state index contributed by atoms with van der Waals surface area (Å²) in [7, 11) is -3.18. The lowest BCUT2D eigenvalue weighted by Crippen LogP contribution is -2.54. The van der Waals surface area contributed by atoms with Gasteiger partial charge in [-0.2, -0.15) is 9.40 Å². The summed E-state index contributed by atoms with van der Waals surface area (Å²) >= 11 is 1.72. The van der Waals surface area contributed by atoms with E-state index in [1.54, 1.807) is 34.2 Å². The summed E-state index contributed by atoms with van der Waals surface area (Å²) in [6, 6.07) is 2.17. The van der Waals surface area contributed by atoms with Gasteiger partial charge in [0.25, 0.3) is 0 Å². The molecule has 196 valence electrons. The standard InChI is InChI=1S/C24H30N8O3S2/c1-24(2,31-4-6-32(7-5-31)37(3,33)34)20-12-18-21(36-20)23(30-8-10-35-11-9-30)28-22(27-18)17-13-25-15-19-16(17)14-26-29-19/h12-15H,4-11H2,1-3H3,(H,26,29). The lowest BCUT2D eigenvalue weighted by Gasteiger charge is -2.43. The molecule has 0 atom stereocenters. The molecule has 0 radical (unpaired) electrons. The molecule has 2 saturated heterocycles. The van der Waals surface area contributed by atoms with Crippen molar-refractivity contribution in [1.29, 1.82) is 0 Å². The largest absolute Gasteiger partial charge is 0.378 e. The Bertz CT molecular complexity index is 1550. The number of aromatic nitrogens is 5. The number of rotatable bonds is 5. The van der Waals surface area contributed by atoms with E-state index in [2.05, 4.69) is 44.9 Å². The monoisotopic (exact) mass is 542 g/mol. The van der Waals surface area contributed by atoms with E-state index in [4.69, 9.17) is 14.7 Å². The quantitative estimate of drug-likeness (QED) is 0.405. The average Bonchev–Trinajstić information content (AvgIpc) is 3.56. The maximum atomic E-state index is 12.0. The fourth-order valence-corrected chi connectivity index (χ4v) is 7.18. The van der Waals surface area contributed by atoms with Crippen molar-refractivity contribution in [2.45, 2.75) is 19.4 Å². The van der Waals surface area contributed by atoms with E-state index in [9.17, 15) is 8.42 Å². The van der Waals surface area contributed by atoms with Crippen LogP contribution in [0, 0.1) is 0 Å². The SMILES string of the molecule is CC(C)(c1cc2nc(-c3cncc4[nH]ncc34)nc(N3CCOCC3)c2s1)N1CCN(S(C)(=O)=O)CC1. The predicted octanol–water partition coefficient (Wildman–Crippen LogP) is 2.28. The molecule has 0 amide bonds. The van der Waals surface area contributed by atoms with Crippen LogP contribution in [0.3, 0.4) is 0 Å². The number of ether oxygens (including phenoxy) is 1. The van der Waals surface area contributed by atoms with Crippen molar-refractivity contribution in [2.75, 3.05) is 63.6 Å². The first-order valence-corrected chi connectivity index (χ1v) is 15.0. The maximum Gasteiger partial charge on any atom is 0.211 e. The van der Waals surface area contributed by atoms with Crippen LogP contribution in [0.1, 0.15) is 18.7 Å². The van der Waals surface area contributed by atoms with Crippen LogP contribution in [0.25, 0.3) is 32.5 Å². The van der Waals surface area contributed by atoms with Crippen LogP contribution in [0.5, 0.6) is 0 Å². The second kappa shape index (κ2) is 9.24. The molecule has 0 bridgehead atoms. The van der Waals surface area contributed by atoms with Gasteiger partial charge in [0.15, 0.2) is 11.6 Å². The highest BCUT2D eigenvalue weighted by Gasteiger charge is 2.35. The summed E-state index contributed by atoms with van der Waals surface area (Å²) in [5.74, 6) is 1.54. The third-order valence-electron chi connectivity index (χ3n) is 7.37. The van der Waals surface area contributed by atoms with Crippen LogP contribution in [0.2, 0.25) is 0 Å². The summed E-state index contributed by atoms with van der Waals surface area (Å²) < 4.78 is 32.2. The Morgan fingerprint density at radius 2 is 1.78 bits per heavy atom. The van der Waals surface area contributed by atoms with E-state index in [1.165, 1.54) is 11.1 Å². The lowest BCUT2D eigenvalue weighted by molar-refractivity contribution is 0.0805. The molecule has 2 aliphatic rings. The summed E-state index contributed by atoms with van der Waals surface area (Å²) in [4.78, 5) is 20.3. The molecule has 4 aromatic rings. The molecule has 0 saturated carbocycles. The number of aromatic amines is 1. The van der Waals surface area contributed by atoms with Crippen molar-refractivity contribution in [3.8, 4) is 11.4 Å².